The van der Waals surface area contributed by atoms with E-state index >= 15 is 0 Å². The summed E-state index contributed by atoms with van der Waals surface area (Å²) in [5.41, 5.74) is 1.85. The van der Waals surface area contributed by atoms with Crippen molar-refractivity contribution in [1.29, 1.82) is 0 Å². The van der Waals surface area contributed by atoms with Crippen LogP contribution in [0.5, 0.6) is 0 Å². The van der Waals surface area contributed by atoms with Crippen molar-refractivity contribution in [3.05, 3.63) is 18.3 Å². The number of aromatic nitrogens is 4. The standard InChI is InChI=1S/C11H14N4O4/c1-5-7-10(13-3-12-5)15(4-14-7)11-9(18)8(17)6(2-16)19-11/h3-4,6,8-9,11,16-18H,2H2,1H3/t6-,8-,9?,11-/m1/s1. The summed E-state index contributed by atoms with van der Waals surface area (Å²) in [6.45, 7) is 1.44. The molecule has 102 valence electrons. The molecule has 2 aromatic heterocycles. The van der Waals surface area contributed by atoms with Gasteiger partial charge in [-0.05, 0) is 6.92 Å². The smallest absolute Gasteiger partial charge is 0.165 e. The minimum Gasteiger partial charge on any atom is -0.394 e. The van der Waals surface area contributed by atoms with Crippen LogP contribution in [0.1, 0.15) is 11.9 Å². The van der Waals surface area contributed by atoms with E-state index in [0.717, 1.165) is 5.69 Å². The molecule has 8 heteroatoms. The Kier molecular flexibility index (Phi) is 2.94. The molecule has 19 heavy (non-hydrogen) atoms. The van der Waals surface area contributed by atoms with Gasteiger partial charge in [0.15, 0.2) is 11.9 Å². The fourth-order valence-electron chi connectivity index (χ4n) is 2.27. The molecule has 3 N–H and O–H groups in total. The number of aryl methyl sites for hydroxylation is 1. The number of fused-ring (bicyclic) bond motifs is 1. The largest absolute Gasteiger partial charge is 0.394 e. The number of nitrogens with zero attached hydrogens (tertiary/aromatic N) is 4. The van der Waals surface area contributed by atoms with Crippen LogP contribution in [0.4, 0.5) is 0 Å². The number of hydrogen-bond donors (Lipinski definition) is 3. The first-order chi connectivity index (χ1) is 9.13. The Morgan fingerprint density at radius 1 is 1.26 bits per heavy atom. The zero-order valence-corrected chi connectivity index (χ0v) is 10.2. The number of rotatable bonds is 2. The second kappa shape index (κ2) is 4.49. The summed E-state index contributed by atoms with van der Waals surface area (Å²) in [7, 11) is 0. The van der Waals surface area contributed by atoms with Crippen molar-refractivity contribution in [2.75, 3.05) is 6.61 Å². The Labute approximate surface area is 108 Å². The van der Waals surface area contributed by atoms with Gasteiger partial charge in [-0.1, -0.05) is 0 Å². The van der Waals surface area contributed by atoms with Crippen LogP contribution in [0.3, 0.4) is 0 Å². The molecule has 0 bridgehead atoms. The molecule has 1 fully saturated rings. The molecule has 0 radical (unpaired) electrons. The number of imidazole rings is 1. The second-order valence-electron chi connectivity index (χ2n) is 4.51. The predicted molar refractivity (Wildman–Crippen MR) is 63.1 cm³/mol. The molecule has 3 rings (SSSR count). The molecule has 1 aliphatic heterocycles. The average Bonchev–Trinajstić information content (AvgIpc) is 2.94. The Balaban J connectivity index is 2.04. The average molecular weight is 266 g/mol. The van der Waals surface area contributed by atoms with Crippen molar-refractivity contribution in [1.82, 2.24) is 19.5 Å². The zero-order valence-electron chi connectivity index (χ0n) is 10.2. The van der Waals surface area contributed by atoms with Gasteiger partial charge in [-0.15, -0.1) is 0 Å². The maximum atomic E-state index is 9.98. The molecule has 3 heterocycles. The minimum absolute atomic E-state index is 0.366. The van der Waals surface area contributed by atoms with Crippen LogP contribution in [0.15, 0.2) is 12.7 Å². The SMILES string of the molecule is Cc1ncnc2c1ncn2[C@@H]1O[C@H](CO)[C@@H](O)C1O. The highest BCUT2D eigenvalue weighted by Crippen LogP contribution is 2.31. The fourth-order valence-corrected chi connectivity index (χ4v) is 2.27. The molecule has 4 atom stereocenters. The monoisotopic (exact) mass is 266 g/mol. The fraction of sp³-hybridized carbons (Fsp3) is 0.545. The predicted octanol–water partition coefficient (Wildman–Crippen LogP) is -1.25. The number of hydrogen-bond acceptors (Lipinski definition) is 7. The van der Waals surface area contributed by atoms with E-state index in [2.05, 4.69) is 15.0 Å². The molecule has 0 aliphatic carbocycles. The number of aliphatic hydroxyl groups excluding tert-OH is 3. The van der Waals surface area contributed by atoms with Gasteiger partial charge in [0.2, 0.25) is 0 Å². The van der Waals surface area contributed by atoms with Gasteiger partial charge in [-0.2, -0.15) is 0 Å². The highest BCUT2D eigenvalue weighted by atomic mass is 16.6. The van der Waals surface area contributed by atoms with Crippen LogP contribution in [-0.2, 0) is 4.74 Å². The molecule has 0 amide bonds. The van der Waals surface area contributed by atoms with Crippen molar-refractivity contribution >= 4 is 11.2 Å². The molecule has 0 spiro atoms. The van der Waals surface area contributed by atoms with Crippen LogP contribution in [0.2, 0.25) is 0 Å². The second-order valence-corrected chi connectivity index (χ2v) is 4.51. The highest BCUT2D eigenvalue weighted by Gasteiger charge is 2.43. The Morgan fingerprint density at radius 3 is 2.74 bits per heavy atom. The summed E-state index contributed by atoms with van der Waals surface area (Å²) in [4.78, 5) is 12.3. The topological polar surface area (TPSA) is 114 Å². The lowest BCUT2D eigenvalue weighted by Crippen LogP contribution is -2.33. The van der Waals surface area contributed by atoms with E-state index in [4.69, 9.17) is 9.84 Å². The van der Waals surface area contributed by atoms with E-state index in [1.165, 1.54) is 17.2 Å². The molecule has 1 unspecified atom stereocenters. The van der Waals surface area contributed by atoms with Gasteiger partial charge in [-0.3, -0.25) is 4.57 Å². The van der Waals surface area contributed by atoms with E-state index in [0.29, 0.717) is 11.2 Å². The molecular formula is C11H14N4O4. The van der Waals surface area contributed by atoms with Crippen molar-refractivity contribution < 1.29 is 20.1 Å². The summed E-state index contributed by atoms with van der Waals surface area (Å²) in [6, 6.07) is 0. The van der Waals surface area contributed by atoms with Gasteiger partial charge in [-0.25, -0.2) is 15.0 Å². The Hall–Kier alpha value is -1.61. The molecule has 0 saturated carbocycles. The zero-order chi connectivity index (χ0) is 13.6. The lowest BCUT2D eigenvalue weighted by molar-refractivity contribution is -0.0511. The summed E-state index contributed by atoms with van der Waals surface area (Å²) in [6.07, 6.45) is -1.06. The van der Waals surface area contributed by atoms with Crippen LogP contribution in [0, 0.1) is 6.92 Å². The molecular weight excluding hydrogens is 252 g/mol. The van der Waals surface area contributed by atoms with Crippen LogP contribution in [0.25, 0.3) is 11.2 Å². The summed E-state index contributed by atoms with van der Waals surface area (Å²) in [5.74, 6) is 0. The number of aliphatic hydroxyl groups is 3. The van der Waals surface area contributed by atoms with Gasteiger partial charge in [0.05, 0.1) is 18.6 Å². The van der Waals surface area contributed by atoms with Gasteiger partial charge >= 0.3 is 0 Å². The van der Waals surface area contributed by atoms with Crippen molar-refractivity contribution in [2.24, 2.45) is 0 Å². The van der Waals surface area contributed by atoms with E-state index in [-0.39, 0.29) is 6.61 Å². The van der Waals surface area contributed by atoms with Crippen LogP contribution >= 0.6 is 0 Å². The van der Waals surface area contributed by atoms with E-state index in [1.807, 2.05) is 0 Å². The van der Waals surface area contributed by atoms with Gasteiger partial charge in [0.25, 0.3) is 0 Å². The normalized spacial score (nSPS) is 31.2. The summed E-state index contributed by atoms with van der Waals surface area (Å²) < 4.78 is 6.98. The van der Waals surface area contributed by atoms with Gasteiger partial charge in [0.1, 0.15) is 30.2 Å². The molecule has 1 aliphatic rings. The summed E-state index contributed by atoms with van der Waals surface area (Å²) >= 11 is 0. The lowest BCUT2D eigenvalue weighted by Gasteiger charge is -2.16. The van der Waals surface area contributed by atoms with E-state index in [1.54, 1.807) is 6.92 Å². The summed E-state index contributed by atoms with van der Waals surface area (Å²) in [5, 5.41) is 28.8. The van der Waals surface area contributed by atoms with Crippen molar-refractivity contribution in [3.8, 4) is 0 Å². The minimum atomic E-state index is -1.15. The first kappa shape index (κ1) is 12.4. The van der Waals surface area contributed by atoms with Crippen molar-refractivity contribution in [2.45, 2.75) is 31.5 Å². The third kappa shape index (κ3) is 1.80. The number of ether oxygens (including phenoxy) is 1. The van der Waals surface area contributed by atoms with Crippen LogP contribution < -0.4 is 0 Å². The first-order valence-corrected chi connectivity index (χ1v) is 5.90. The quantitative estimate of drug-likeness (QED) is 0.622. The van der Waals surface area contributed by atoms with Gasteiger partial charge in [0, 0.05) is 0 Å². The molecule has 2 aromatic rings. The van der Waals surface area contributed by atoms with E-state index in [9.17, 15) is 10.2 Å². The maximum Gasteiger partial charge on any atom is 0.165 e. The van der Waals surface area contributed by atoms with Crippen molar-refractivity contribution in [3.63, 3.8) is 0 Å². The molecule has 8 nitrogen and oxygen atoms in total. The third-order valence-corrected chi connectivity index (χ3v) is 3.33. The first-order valence-electron chi connectivity index (χ1n) is 5.90. The van der Waals surface area contributed by atoms with Crippen LogP contribution in [-0.4, -0.2) is 59.8 Å². The molecule has 0 aromatic carbocycles. The third-order valence-electron chi connectivity index (χ3n) is 3.33. The van der Waals surface area contributed by atoms with Gasteiger partial charge < -0.3 is 20.1 Å². The maximum absolute atomic E-state index is 9.98. The molecule has 1 saturated heterocycles. The Morgan fingerprint density at radius 2 is 2.05 bits per heavy atom. The van der Waals surface area contributed by atoms with E-state index < -0.39 is 24.5 Å². The Bertz CT molecular complexity index is 601. The lowest BCUT2D eigenvalue weighted by atomic mass is 10.1. The highest BCUT2D eigenvalue weighted by molar-refractivity contribution is 5.72.